The summed E-state index contributed by atoms with van der Waals surface area (Å²) in [5.41, 5.74) is 2.96. The van der Waals surface area contributed by atoms with E-state index in [1.54, 1.807) is 25.6 Å². The highest BCUT2D eigenvalue weighted by atomic mass is 15.6. The van der Waals surface area contributed by atoms with Crippen LogP contribution in [0.15, 0.2) is 61.2 Å². The normalized spacial score (nSPS) is 10.8. The number of rotatable bonds is 3. The van der Waals surface area contributed by atoms with Crippen molar-refractivity contribution in [1.82, 2.24) is 34.7 Å². The summed E-state index contributed by atoms with van der Waals surface area (Å²) >= 11 is 0. The molecule has 0 saturated carbocycles. The van der Waals surface area contributed by atoms with E-state index in [0.717, 1.165) is 22.6 Å². The van der Waals surface area contributed by atoms with Gasteiger partial charge in [-0.25, -0.2) is 4.98 Å². The van der Waals surface area contributed by atoms with Crippen LogP contribution in [-0.2, 0) is 7.05 Å². The molecular formula is C16H13N7. The van der Waals surface area contributed by atoms with E-state index in [1.807, 2.05) is 47.2 Å². The average Bonchev–Trinajstić information content (AvgIpc) is 3.25. The van der Waals surface area contributed by atoms with Crippen LogP contribution in [0.4, 0.5) is 0 Å². The van der Waals surface area contributed by atoms with Gasteiger partial charge in [-0.1, -0.05) is 0 Å². The van der Waals surface area contributed by atoms with Gasteiger partial charge in [0.1, 0.15) is 5.82 Å². The van der Waals surface area contributed by atoms with Gasteiger partial charge >= 0.3 is 0 Å². The lowest BCUT2D eigenvalue weighted by Crippen LogP contribution is -1.96. The molecule has 7 nitrogen and oxygen atoms in total. The molecular weight excluding hydrogens is 290 g/mol. The van der Waals surface area contributed by atoms with Crippen molar-refractivity contribution in [3.05, 3.63) is 61.2 Å². The summed E-state index contributed by atoms with van der Waals surface area (Å²) in [5, 5.41) is 12.1. The highest BCUT2D eigenvalue weighted by Gasteiger charge is 2.09. The number of aromatic nitrogens is 7. The van der Waals surface area contributed by atoms with Gasteiger partial charge in [0.2, 0.25) is 5.82 Å². The summed E-state index contributed by atoms with van der Waals surface area (Å²) in [6.45, 7) is 0. The van der Waals surface area contributed by atoms with Crippen LogP contribution in [0.2, 0.25) is 0 Å². The van der Waals surface area contributed by atoms with E-state index in [2.05, 4.69) is 25.4 Å². The summed E-state index contributed by atoms with van der Waals surface area (Å²) in [6, 6.07) is 11.9. The van der Waals surface area contributed by atoms with E-state index in [1.165, 1.54) is 4.80 Å². The maximum absolute atomic E-state index is 4.44. The maximum Gasteiger partial charge on any atom is 0.204 e. The van der Waals surface area contributed by atoms with Crippen LogP contribution in [0.5, 0.6) is 0 Å². The molecule has 0 saturated heterocycles. The van der Waals surface area contributed by atoms with Gasteiger partial charge in [0.25, 0.3) is 0 Å². The van der Waals surface area contributed by atoms with Crippen molar-refractivity contribution in [2.75, 3.05) is 0 Å². The SMILES string of the molecule is Cn1nnc(-c2ccc(-n3ccnc3-c3ccncc3)cc2)n1. The molecule has 4 rings (SSSR count). The molecule has 0 aliphatic rings. The molecule has 3 heterocycles. The van der Waals surface area contributed by atoms with E-state index >= 15 is 0 Å². The van der Waals surface area contributed by atoms with E-state index in [9.17, 15) is 0 Å². The van der Waals surface area contributed by atoms with E-state index in [-0.39, 0.29) is 0 Å². The van der Waals surface area contributed by atoms with Crippen LogP contribution in [0.3, 0.4) is 0 Å². The van der Waals surface area contributed by atoms with Gasteiger partial charge < -0.3 is 0 Å². The van der Waals surface area contributed by atoms with E-state index in [0.29, 0.717) is 5.82 Å². The average molecular weight is 303 g/mol. The molecule has 0 atom stereocenters. The largest absolute Gasteiger partial charge is 0.300 e. The van der Waals surface area contributed by atoms with Gasteiger partial charge in [-0.3, -0.25) is 9.55 Å². The zero-order valence-corrected chi connectivity index (χ0v) is 12.4. The van der Waals surface area contributed by atoms with Crippen LogP contribution in [-0.4, -0.2) is 34.7 Å². The third-order valence-electron chi connectivity index (χ3n) is 3.49. The fourth-order valence-electron chi connectivity index (χ4n) is 2.40. The first-order valence-corrected chi connectivity index (χ1v) is 7.10. The molecule has 0 unspecified atom stereocenters. The Kier molecular flexibility index (Phi) is 3.16. The van der Waals surface area contributed by atoms with Crippen LogP contribution in [0, 0.1) is 0 Å². The fourth-order valence-corrected chi connectivity index (χ4v) is 2.40. The van der Waals surface area contributed by atoms with Crippen molar-refractivity contribution in [2.24, 2.45) is 7.05 Å². The first-order chi connectivity index (χ1) is 11.3. The highest BCUT2D eigenvalue weighted by Crippen LogP contribution is 2.22. The van der Waals surface area contributed by atoms with Crippen LogP contribution in [0.1, 0.15) is 0 Å². The van der Waals surface area contributed by atoms with Gasteiger partial charge in [0.05, 0.1) is 7.05 Å². The first-order valence-electron chi connectivity index (χ1n) is 7.10. The molecule has 7 heteroatoms. The second kappa shape index (κ2) is 5.45. The molecule has 0 radical (unpaired) electrons. The second-order valence-corrected chi connectivity index (χ2v) is 5.01. The molecule has 0 N–H and O–H groups in total. The Labute approximate surface area is 132 Å². The minimum Gasteiger partial charge on any atom is -0.300 e. The lowest BCUT2D eigenvalue weighted by molar-refractivity contribution is 0.630. The Morgan fingerprint density at radius 3 is 2.35 bits per heavy atom. The predicted molar refractivity (Wildman–Crippen MR) is 84.6 cm³/mol. The Morgan fingerprint density at radius 1 is 0.870 bits per heavy atom. The third kappa shape index (κ3) is 2.48. The minimum atomic E-state index is 0.610. The van der Waals surface area contributed by atoms with Gasteiger partial charge in [-0.2, -0.15) is 4.80 Å². The Bertz CT molecular complexity index is 922. The predicted octanol–water partition coefficient (Wildman–Crippen LogP) is 2.12. The molecule has 0 aliphatic heterocycles. The van der Waals surface area contributed by atoms with Crippen molar-refractivity contribution in [3.8, 4) is 28.5 Å². The van der Waals surface area contributed by atoms with Crippen molar-refractivity contribution in [2.45, 2.75) is 0 Å². The van der Waals surface area contributed by atoms with Crippen molar-refractivity contribution < 1.29 is 0 Å². The number of tetrazole rings is 1. The number of benzene rings is 1. The summed E-state index contributed by atoms with van der Waals surface area (Å²) in [5.74, 6) is 1.48. The van der Waals surface area contributed by atoms with Crippen molar-refractivity contribution in [3.63, 3.8) is 0 Å². The lowest BCUT2D eigenvalue weighted by Gasteiger charge is -2.08. The van der Waals surface area contributed by atoms with Crippen LogP contribution in [0.25, 0.3) is 28.5 Å². The number of pyridine rings is 1. The highest BCUT2D eigenvalue weighted by molar-refractivity contribution is 5.60. The van der Waals surface area contributed by atoms with E-state index < -0.39 is 0 Å². The zero-order valence-electron chi connectivity index (χ0n) is 12.4. The Morgan fingerprint density at radius 2 is 1.65 bits per heavy atom. The smallest absolute Gasteiger partial charge is 0.204 e. The lowest BCUT2D eigenvalue weighted by atomic mass is 10.2. The Balaban J connectivity index is 1.71. The topological polar surface area (TPSA) is 74.3 Å². The standard InChI is InChI=1S/C16H13N7/c1-22-20-15(19-21-22)12-2-4-14(5-3-12)23-11-10-18-16(23)13-6-8-17-9-7-13/h2-11H,1H3. The molecule has 23 heavy (non-hydrogen) atoms. The maximum atomic E-state index is 4.44. The molecule has 0 aliphatic carbocycles. The summed E-state index contributed by atoms with van der Waals surface area (Å²) < 4.78 is 2.03. The van der Waals surface area contributed by atoms with E-state index in [4.69, 9.17) is 0 Å². The number of nitrogens with zero attached hydrogens (tertiary/aromatic N) is 7. The number of hydrogen-bond donors (Lipinski definition) is 0. The van der Waals surface area contributed by atoms with Crippen LogP contribution >= 0.6 is 0 Å². The number of hydrogen-bond acceptors (Lipinski definition) is 5. The van der Waals surface area contributed by atoms with Gasteiger partial charge in [-0.15, -0.1) is 10.2 Å². The third-order valence-corrected chi connectivity index (χ3v) is 3.49. The molecule has 0 bridgehead atoms. The van der Waals surface area contributed by atoms with Crippen molar-refractivity contribution >= 4 is 0 Å². The number of imidazole rings is 1. The molecule has 3 aromatic heterocycles. The fraction of sp³-hybridized carbons (Fsp3) is 0.0625. The summed E-state index contributed by atoms with van der Waals surface area (Å²) in [7, 11) is 1.75. The zero-order chi connectivity index (χ0) is 15.6. The van der Waals surface area contributed by atoms with Crippen molar-refractivity contribution in [1.29, 1.82) is 0 Å². The second-order valence-electron chi connectivity index (χ2n) is 5.01. The minimum absolute atomic E-state index is 0.610. The molecule has 0 spiro atoms. The van der Waals surface area contributed by atoms with Gasteiger partial charge in [-0.05, 0) is 41.6 Å². The molecule has 1 aromatic carbocycles. The Hall–Kier alpha value is -3.35. The molecule has 0 amide bonds. The summed E-state index contributed by atoms with van der Waals surface area (Å²) in [4.78, 5) is 9.94. The summed E-state index contributed by atoms with van der Waals surface area (Å²) in [6.07, 6.45) is 7.24. The number of aryl methyl sites for hydroxylation is 1. The van der Waals surface area contributed by atoms with Crippen LogP contribution < -0.4 is 0 Å². The molecule has 112 valence electrons. The molecule has 0 fully saturated rings. The quantitative estimate of drug-likeness (QED) is 0.579. The molecule has 4 aromatic rings. The monoisotopic (exact) mass is 303 g/mol. The first kappa shape index (κ1) is 13.3. The van der Waals surface area contributed by atoms with Gasteiger partial charge in [0.15, 0.2) is 0 Å². The van der Waals surface area contributed by atoms with Gasteiger partial charge in [0, 0.05) is 41.6 Å².